The number of guanidine groups is 1. The van der Waals surface area contributed by atoms with Crippen LogP contribution >= 0.6 is 35.3 Å². The number of halogens is 1. The Labute approximate surface area is 183 Å². The van der Waals surface area contributed by atoms with Crippen LogP contribution in [0.1, 0.15) is 37.5 Å². The topological polar surface area (TPSA) is 65.9 Å². The maximum absolute atomic E-state index is 10.7. The summed E-state index contributed by atoms with van der Waals surface area (Å²) in [6.07, 6.45) is 0. The molecule has 0 aliphatic rings. The van der Waals surface area contributed by atoms with Crippen LogP contribution in [0.15, 0.2) is 46.1 Å². The molecule has 3 N–H and O–H groups in total. The average Bonchev–Trinajstić information content (AvgIpc) is 3.19. The van der Waals surface area contributed by atoms with E-state index in [1.54, 1.807) is 11.3 Å². The van der Waals surface area contributed by atoms with E-state index in [0.29, 0.717) is 32.3 Å². The predicted molar refractivity (Wildman–Crippen MR) is 124 cm³/mol. The van der Waals surface area contributed by atoms with Crippen molar-refractivity contribution in [2.45, 2.75) is 39.5 Å². The summed E-state index contributed by atoms with van der Waals surface area (Å²) in [6.45, 7) is 8.81. The Morgan fingerprint density at radius 1 is 1.19 bits per heavy atom. The molecule has 0 saturated heterocycles. The summed E-state index contributed by atoms with van der Waals surface area (Å²) in [7, 11) is 0. The third kappa shape index (κ3) is 7.77. The van der Waals surface area contributed by atoms with Crippen molar-refractivity contribution in [1.82, 2.24) is 10.6 Å². The van der Waals surface area contributed by atoms with Gasteiger partial charge < -0.3 is 20.5 Å². The maximum Gasteiger partial charge on any atom is 0.191 e. The fraction of sp³-hybridized carbons (Fsp3) is 0.450. The third-order valence-electron chi connectivity index (χ3n) is 4.07. The molecule has 7 heteroatoms. The summed E-state index contributed by atoms with van der Waals surface area (Å²) < 4.78 is 5.54. The van der Waals surface area contributed by atoms with E-state index >= 15 is 0 Å². The first-order chi connectivity index (χ1) is 12.6. The van der Waals surface area contributed by atoms with E-state index in [-0.39, 0.29) is 24.0 Å². The van der Waals surface area contributed by atoms with Crippen molar-refractivity contribution in [3.8, 4) is 0 Å². The molecule has 1 aromatic heterocycles. The zero-order valence-electron chi connectivity index (χ0n) is 16.2. The number of ether oxygens (including phenoxy) is 1. The van der Waals surface area contributed by atoms with Crippen molar-refractivity contribution < 1.29 is 9.84 Å². The Bertz CT molecular complexity index is 690. The van der Waals surface area contributed by atoms with Crippen LogP contribution in [0.3, 0.4) is 0 Å². The lowest BCUT2D eigenvalue weighted by molar-refractivity contribution is 0.0621. The quantitative estimate of drug-likeness (QED) is 0.276. The number of hydrogen-bond donors (Lipinski definition) is 3. The molecule has 1 atom stereocenters. The van der Waals surface area contributed by atoms with Crippen LogP contribution in [0.5, 0.6) is 0 Å². The van der Waals surface area contributed by atoms with Crippen molar-refractivity contribution in [1.29, 1.82) is 0 Å². The largest absolute Gasteiger partial charge is 0.384 e. The molecule has 1 unspecified atom stereocenters. The molecule has 0 saturated carbocycles. The molecule has 0 spiro atoms. The minimum Gasteiger partial charge on any atom is -0.384 e. The first kappa shape index (κ1) is 23.9. The Morgan fingerprint density at radius 3 is 2.56 bits per heavy atom. The summed E-state index contributed by atoms with van der Waals surface area (Å²) in [4.78, 5) is 4.67. The molecule has 0 bridgehead atoms. The van der Waals surface area contributed by atoms with Gasteiger partial charge in [0.2, 0.25) is 0 Å². The Balaban J connectivity index is 0.00000364. The van der Waals surface area contributed by atoms with Gasteiger partial charge in [-0.25, -0.2) is 4.99 Å². The van der Waals surface area contributed by atoms with E-state index < -0.39 is 5.60 Å². The van der Waals surface area contributed by atoms with Crippen LogP contribution in [-0.2, 0) is 23.5 Å². The zero-order chi connectivity index (χ0) is 18.8. The van der Waals surface area contributed by atoms with E-state index in [1.807, 2.05) is 49.7 Å². The number of thiophene rings is 1. The highest BCUT2D eigenvalue weighted by molar-refractivity contribution is 14.0. The Kier molecular flexibility index (Phi) is 10.9. The van der Waals surface area contributed by atoms with Crippen molar-refractivity contribution in [2.24, 2.45) is 4.99 Å². The molecule has 2 aromatic rings. The smallest absolute Gasteiger partial charge is 0.191 e. The second kappa shape index (κ2) is 12.3. The fourth-order valence-electron chi connectivity index (χ4n) is 2.50. The van der Waals surface area contributed by atoms with Crippen LogP contribution in [0.2, 0.25) is 0 Å². The second-order valence-corrected chi connectivity index (χ2v) is 7.02. The van der Waals surface area contributed by atoms with Gasteiger partial charge in [-0.05, 0) is 54.3 Å². The molecule has 0 radical (unpaired) electrons. The van der Waals surface area contributed by atoms with E-state index in [9.17, 15) is 5.11 Å². The summed E-state index contributed by atoms with van der Waals surface area (Å²) in [6, 6.07) is 10.1. The van der Waals surface area contributed by atoms with Gasteiger partial charge in [0.05, 0.1) is 19.7 Å². The van der Waals surface area contributed by atoms with Crippen LogP contribution in [-0.4, -0.2) is 30.8 Å². The molecule has 150 valence electrons. The second-order valence-electron chi connectivity index (χ2n) is 6.24. The highest BCUT2D eigenvalue weighted by Crippen LogP contribution is 2.22. The fourth-order valence-corrected chi connectivity index (χ4v) is 3.28. The number of rotatable bonds is 9. The van der Waals surface area contributed by atoms with Gasteiger partial charge in [-0.15, -0.1) is 24.0 Å². The number of nitrogens with zero attached hydrogens (tertiary/aromatic N) is 1. The Morgan fingerprint density at radius 2 is 1.93 bits per heavy atom. The SMILES string of the molecule is CCNC(=NCc1ccccc1COCC)NCC(C)(O)c1ccsc1.I. The van der Waals surface area contributed by atoms with Crippen molar-refractivity contribution in [3.63, 3.8) is 0 Å². The summed E-state index contributed by atoms with van der Waals surface area (Å²) in [5, 5.41) is 21.1. The van der Waals surface area contributed by atoms with Crippen LogP contribution < -0.4 is 10.6 Å². The van der Waals surface area contributed by atoms with Gasteiger partial charge in [-0.2, -0.15) is 11.3 Å². The van der Waals surface area contributed by atoms with Gasteiger partial charge in [0, 0.05) is 13.2 Å². The average molecular weight is 503 g/mol. The molecule has 1 aromatic carbocycles. The van der Waals surface area contributed by atoms with Crippen molar-refractivity contribution in [2.75, 3.05) is 19.7 Å². The van der Waals surface area contributed by atoms with Crippen LogP contribution in [0, 0.1) is 0 Å². The summed E-state index contributed by atoms with van der Waals surface area (Å²) >= 11 is 1.58. The van der Waals surface area contributed by atoms with Gasteiger partial charge in [-0.3, -0.25) is 0 Å². The molecule has 0 amide bonds. The van der Waals surface area contributed by atoms with Crippen LogP contribution in [0.25, 0.3) is 0 Å². The summed E-state index contributed by atoms with van der Waals surface area (Å²) in [5.74, 6) is 0.689. The number of aliphatic imine (C=N–C) groups is 1. The van der Waals surface area contributed by atoms with Gasteiger partial charge in [0.15, 0.2) is 5.96 Å². The van der Waals surface area contributed by atoms with Crippen molar-refractivity contribution >= 4 is 41.3 Å². The summed E-state index contributed by atoms with van der Waals surface area (Å²) in [5.41, 5.74) is 2.26. The first-order valence-electron chi connectivity index (χ1n) is 8.98. The lowest BCUT2D eigenvalue weighted by Gasteiger charge is -2.24. The molecule has 2 rings (SSSR count). The van der Waals surface area contributed by atoms with E-state index in [1.165, 1.54) is 0 Å². The van der Waals surface area contributed by atoms with E-state index in [0.717, 1.165) is 23.2 Å². The molecule has 0 fully saturated rings. The standard InChI is InChI=1S/C20H29N3O2S.HI/c1-4-21-19(23-15-20(3,24)18-10-11-26-14-18)22-12-16-8-6-7-9-17(16)13-25-5-2;/h6-11,14,24H,4-5,12-13,15H2,1-3H3,(H2,21,22,23);1H. The van der Waals surface area contributed by atoms with Gasteiger partial charge in [0.25, 0.3) is 0 Å². The van der Waals surface area contributed by atoms with Crippen LogP contribution in [0.4, 0.5) is 0 Å². The number of nitrogens with one attached hydrogen (secondary N) is 2. The highest BCUT2D eigenvalue weighted by Gasteiger charge is 2.23. The molecular weight excluding hydrogens is 473 g/mol. The lowest BCUT2D eigenvalue weighted by Crippen LogP contribution is -2.44. The maximum atomic E-state index is 10.7. The molecule has 0 aliphatic heterocycles. The zero-order valence-corrected chi connectivity index (χ0v) is 19.3. The van der Waals surface area contributed by atoms with E-state index in [2.05, 4.69) is 27.8 Å². The number of aliphatic hydroxyl groups is 1. The lowest BCUT2D eigenvalue weighted by atomic mass is 9.99. The van der Waals surface area contributed by atoms with Crippen molar-refractivity contribution in [3.05, 3.63) is 57.8 Å². The number of benzene rings is 1. The van der Waals surface area contributed by atoms with E-state index in [4.69, 9.17) is 4.74 Å². The monoisotopic (exact) mass is 503 g/mol. The third-order valence-corrected chi connectivity index (χ3v) is 4.76. The Hall–Kier alpha value is -1.16. The van der Waals surface area contributed by atoms with Gasteiger partial charge in [-0.1, -0.05) is 24.3 Å². The van der Waals surface area contributed by atoms with Gasteiger partial charge in [0.1, 0.15) is 5.60 Å². The molecule has 0 aliphatic carbocycles. The normalized spacial score (nSPS) is 13.6. The predicted octanol–water partition coefficient (Wildman–Crippen LogP) is 3.87. The number of hydrogen-bond acceptors (Lipinski definition) is 4. The molecule has 1 heterocycles. The molecular formula is C20H30IN3O2S. The first-order valence-corrected chi connectivity index (χ1v) is 9.93. The molecule has 5 nitrogen and oxygen atoms in total. The highest BCUT2D eigenvalue weighted by atomic mass is 127. The minimum absolute atomic E-state index is 0. The van der Waals surface area contributed by atoms with Gasteiger partial charge >= 0.3 is 0 Å². The minimum atomic E-state index is -0.941. The molecule has 27 heavy (non-hydrogen) atoms.